The van der Waals surface area contributed by atoms with E-state index in [2.05, 4.69) is 0 Å². The fourth-order valence-corrected chi connectivity index (χ4v) is 1.76. The Morgan fingerprint density at radius 1 is 1.70 bits per heavy atom. The highest BCUT2D eigenvalue weighted by Gasteiger charge is 2.13. The molecule has 1 heterocycles. The number of aliphatic carboxylic acids is 1. The SMILES string of the molecule is Cl.O=C(O)CN1CCSC1. The van der Waals surface area contributed by atoms with Crippen LogP contribution in [0, 0.1) is 0 Å². The van der Waals surface area contributed by atoms with Gasteiger partial charge in [0.15, 0.2) is 0 Å². The normalized spacial score (nSPS) is 18.4. The van der Waals surface area contributed by atoms with Gasteiger partial charge in [0, 0.05) is 18.2 Å². The summed E-state index contributed by atoms with van der Waals surface area (Å²) in [5.41, 5.74) is 0. The number of carboxylic acids is 1. The second-order valence-electron chi connectivity index (χ2n) is 1.98. The molecule has 3 nitrogen and oxygen atoms in total. The second kappa shape index (κ2) is 4.82. The lowest BCUT2D eigenvalue weighted by Gasteiger charge is -2.08. The van der Waals surface area contributed by atoms with E-state index in [1.54, 1.807) is 11.8 Å². The lowest BCUT2D eigenvalue weighted by Crippen LogP contribution is -2.26. The molecule has 0 unspecified atom stereocenters. The first-order chi connectivity index (χ1) is 4.29. The zero-order valence-electron chi connectivity index (χ0n) is 5.45. The maximum Gasteiger partial charge on any atom is 0.317 e. The molecule has 1 fully saturated rings. The summed E-state index contributed by atoms with van der Waals surface area (Å²) in [5, 5.41) is 8.32. The second-order valence-corrected chi connectivity index (χ2v) is 3.06. The van der Waals surface area contributed by atoms with Crippen LogP contribution in [0.4, 0.5) is 0 Å². The zero-order valence-corrected chi connectivity index (χ0v) is 7.08. The van der Waals surface area contributed by atoms with Crippen molar-refractivity contribution < 1.29 is 9.90 Å². The van der Waals surface area contributed by atoms with Crippen molar-refractivity contribution in [1.82, 2.24) is 4.90 Å². The lowest BCUT2D eigenvalue weighted by atomic mass is 10.5. The molecule has 0 aliphatic carbocycles. The molecule has 1 N–H and O–H groups in total. The Labute approximate surface area is 70.2 Å². The van der Waals surface area contributed by atoms with E-state index >= 15 is 0 Å². The van der Waals surface area contributed by atoms with Gasteiger partial charge in [0.05, 0.1) is 6.54 Å². The van der Waals surface area contributed by atoms with Gasteiger partial charge in [0.25, 0.3) is 0 Å². The average Bonchev–Trinajstić information content (AvgIpc) is 2.15. The fourth-order valence-electron chi connectivity index (χ4n) is 0.768. The summed E-state index contributed by atoms with van der Waals surface area (Å²) in [4.78, 5) is 12.0. The molecule has 0 amide bonds. The van der Waals surface area contributed by atoms with E-state index in [0.717, 1.165) is 18.2 Å². The minimum atomic E-state index is -0.725. The molecule has 0 spiro atoms. The number of hydrogen-bond acceptors (Lipinski definition) is 3. The molecular weight excluding hydrogens is 174 g/mol. The van der Waals surface area contributed by atoms with Gasteiger partial charge in [-0.05, 0) is 0 Å². The van der Waals surface area contributed by atoms with Crippen LogP contribution in [0.5, 0.6) is 0 Å². The van der Waals surface area contributed by atoms with Crippen LogP contribution >= 0.6 is 24.2 Å². The maximum atomic E-state index is 10.1. The first-order valence-corrected chi connectivity index (χ1v) is 3.96. The number of rotatable bonds is 2. The van der Waals surface area contributed by atoms with Crippen molar-refractivity contribution in [2.45, 2.75) is 0 Å². The smallest absolute Gasteiger partial charge is 0.317 e. The van der Waals surface area contributed by atoms with Crippen LogP contribution in [0.3, 0.4) is 0 Å². The molecule has 10 heavy (non-hydrogen) atoms. The molecule has 0 atom stereocenters. The Balaban J connectivity index is 0.000000810. The van der Waals surface area contributed by atoms with Gasteiger partial charge >= 0.3 is 5.97 Å². The molecule has 1 aliphatic heterocycles. The third-order valence-corrected chi connectivity index (χ3v) is 2.20. The van der Waals surface area contributed by atoms with E-state index in [1.807, 2.05) is 4.90 Å². The Kier molecular flexibility index (Phi) is 4.85. The fraction of sp³-hybridized carbons (Fsp3) is 0.800. The van der Waals surface area contributed by atoms with Crippen LogP contribution in [-0.2, 0) is 4.79 Å². The van der Waals surface area contributed by atoms with Crippen LogP contribution in [-0.4, -0.2) is 40.7 Å². The molecular formula is C5H10ClNO2S. The highest BCUT2D eigenvalue weighted by molar-refractivity contribution is 7.99. The summed E-state index contributed by atoms with van der Waals surface area (Å²) in [6.07, 6.45) is 0. The summed E-state index contributed by atoms with van der Waals surface area (Å²) in [5.74, 6) is 1.23. The molecule has 1 aliphatic rings. The van der Waals surface area contributed by atoms with Crippen LogP contribution in [0.15, 0.2) is 0 Å². The first-order valence-electron chi connectivity index (χ1n) is 2.81. The molecule has 0 aromatic rings. The molecule has 60 valence electrons. The average molecular weight is 184 g/mol. The minimum absolute atomic E-state index is 0. The van der Waals surface area contributed by atoms with Gasteiger partial charge in [-0.3, -0.25) is 9.69 Å². The predicted molar refractivity (Wildman–Crippen MR) is 43.8 cm³/mol. The van der Waals surface area contributed by atoms with Crippen molar-refractivity contribution in [3.8, 4) is 0 Å². The minimum Gasteiger partial charge on any atom is -0.480 e. The van der Waals surface area contributed by atoms with Gasteiger partial charge in [-0.25, -0.2) is 0 Å². The van der Waals surface area contributed by atoms with E-state index in [-0.39, 0.29) is 19.0 Å². The zero-order chi connectivity index (χ0) is 6.69. The molecule has 0 radical (unpaired) electrons. The lowest BCUT2D eigenvalue weighted by molar-refractivity contribution is -0.137. The van der Waals surface area contributed by atoms with Crippen LogP contribution < -0.4 is 0 Å². The third kappa shape index (κ3) is 3.29. The van der Waals surface area contributed by atoms with Crippen LogP contribution in [0.1, 0.15) is 0 Å². The number of halogens is 1. The predicted octanol–water partition coefficient (Wildman–Crippen LogP) is 0.499. The summed E-state index contributed by atoms with van der Waals surface area (Å²) in [7, 11) is 0. The van der Waals surface area contributed by atoms with Crippen molar-refractivity contribution in [3.05, 3.63) is 0 Å². The molecule has 0 saturated carbocycles. The van der Waals surface area contributed by atoms with Crippen molar-refractivity contribution in [2.24, 2.45) is 0 Å². The molecule has 0 aromatic heterocycles. The Morgan fingerprint density at radius 2 is 2.40 bits per heavy atom. The van der Waals surface area contributed by atoms with Crippen molar-refractivity contribution in [3.63, 3.8) is 0 Å². The van der Waals surface area contributed by atoms with Crippen LogP contribution in [0.25, 0.3) is 0 Å². The van der Waals surface area contributed by atoms with Crippen LogP contribution in [0.2, 0.25) is 0 Å². The summed E-state index contributed by atoms with van der Waals surface area (Å²) < 4.78 is 0. The van der Waals surface area contributed by atoms with Crippen molar-refractivity contribution >= 4 is 30.1 Å². The van der Waals surface area contributed by atoms with Crippen molar-refractivity contribution in [1.29, 1.82) is 0 Å². The van der Waals surface area contributed by atoms with Gasteiger partial charge < -0.3 is 5.11 Å². The van der Waals surface area contributed by atoms with E-state index in [0.29, 0.717) is 0 Å². The molecule has 0 bridgehead atoms. The number of nitrogens with zero attached hydrogens (tertiary/aromatic N) is 1. The Bertz CT molecular complexity index is 116. The standard InChI is InChI=1S/C5H9NO2S.ClH/c7-5(8)3-6-1-2-9-4-6;/h1-4H2,(H,7,8);1H. The number of carbonyl (C=O) groups is 1. The quantitative estimate of drug-likeness (QED) is 0.677. The van der Waals surface area contributed by atoms with Gasteiger partial charge in [0.1, 0.15) is 0 Å². The Hall–Kier alpha value is 0.0700. The molecule has 0 aromatic carbocycles. The maximum absolute atomic E-state index is 10.1. The molecule has 5 heteroatoms. The van der Waals surface area contributed by atoms with Gasteiger partial charge in [-0.15, -0.1) is 24.2 Å². The first kappa shape index (κ1) is 10.1. The number of thioether (sulfide) groups is 1. The highest BCUT2D eigenvalue weighted by atomic mass is 35.5. The number of carboxylic acid groups (broad SMARTS) is 1. The summed E-state index contributed by atoms with van der Waals surface area (Å²) >= 11 is 1.79. The van der Waals surface area contributed by atoms with Gasteiger partial charge in [-0.1, -0.05) is 0 Å². The van der Waals surface area contributed by atoms with E-state index in [4.69, 9.17) is 5.11 Å². The molecule has 1 saturated heterocycles. The Morgan fingerprint density at radius 3 is 2.80 bits per heavy atom. The van der Waals surface area contributed by atoms with Gasteiger partial charge in [0.2, 0.25) is 0 Å². The highest BCUT2D eigenvalue weighted by Crippen LogP contribution is 2.11. The third-order valence-electron chi connectivity index (χ3n) is 1.18. The van der Waals surface area contributed by atoms with Gasteiger partial charge in [-0.2, -0.15) is 0 Å². The molecule has 1 rings (SSSR count). The summed E-state index contributed by atoms with van der Waals surface area (Å²) in [6.45, 7) is 1.13. The van der Waals surface area contributed by atoms with E-state index in [9.17, 15) is 4.79 Å². The van der Waals surface area contributed by atoms with E-state index in [1.165, 1.54) is 0 Å². The topological polar surface area (TPSA) is 40.5 Å². The van der Waals surface area contributed by atoms with E-state index < -0.39 is 5.97 Å². The largest absolute Gasteiger partial charge is 0.480 e. The van der Waals surface area contributed by atoms with Crippen molar-refractivity contribution in [2.75, 3.05) is 24.7 Å². The summed E-state index contributed by atoms with van der Waals surface area (Å²) in [6, 6.07) is 0. The monoisotopic (exact) mass is 183 g/mol. The number of hydrogen-bond donors (Lipinski definition) is 1.